The third-order valence-corrected chi connectivity index (χ3v) is 10.4. The van der Waals surface area contributed by atoms with Gasteiger partial charge in [0.1, 0.15) is 23.4 Å². The summed E-state index contributed by atoms with van der Waals surface area (Å²) in [6.45, 7) is 1.23. The minimum absolute atomic E-state index is 0.0163. The van der Waals surface area contributed by atoms with Crippen molar-refractivity contribution in [1.29, 1.82) is 5.41 Å². The number of amidine groups is 1. The van der Waals surface area contributed by atoms with Crippen molar-refractivity contribution in [3.05, 3.63) is 77.9 Å². The molecule has 48 heavy (non-hydrogen) atoms. The number of nitrogens with zero attached hydrogens (tertiary/aromatic N) is 2. The highest BCUT2D eigenvalue weighted by atomic mass is 32.2. The van der Waals surface area contributed by atoms with Crippen molar-refractivity contribution in [2.24, 2.45) is 5.73 Å². The number of urea groups is 1. The Labute approximate surface area is 282 Å². The summed E-state index contributed by atoms with van der Waals surface area (Å²) in [7, 11) is -1.12. The zero-order valence-electron chi connectivity index (χ0n) is 27.4. The molecule has 3 amide bonds. The number of ether oxygens (including phenoxy) is 2. The Morgan fingerprint density at radius 1 is 0.917 bits per heavy atom. The Morgan fingerprint density at radius 3 is 2.31 bits per heavy atom. The minimum atomic E-state index is -4.20. The standard InChI is InChI=1S/C35H44N6O6S/c1-46-28-14-15-30(32(23-28)47-2)25-9-7-13-29(22-25)48(44,45)39-31(21-24-8-6-10-26(20-24)33(36)37)34(42)40-16-18-41(19-17-40)35(43)38-27-11-4-3-5-12-27/h6-10,13-15,20,22-23,27,31,39H,3-5,11-12,16-19,21H2,1-2H3,(H3,36,37)(H,38,43)/t31-/m0/s1. The van der Waals surface area contributed by atoms with Gasteiger partial charge in [0.05, 0.1) is 19.1 Å². The van der Waals surface area contributed by atoms with E-state index in [1.54, 1.807) is 71.5 Å². The van der Waals surface area contributed by atoms with Crippen molar-refractivity contribution in [2.45, 2.75) is 55.5 Å². The minimum Gasteiger partial charge on any atom is -0.497 e. The number of piperazine rings is 1. The lowest BCUT2D eigenvalue weighted by Gasteiger charge is -2.37. The average molecular weight is 677 g/mol. The van der Waals surface area contributed by atoms with Crippen LogP contribution >= 0.6 is 0 Å². The molecule has 1 aliphatic carbocycles. The van der Waals surface area contributed by atoms with E-state index >= 15 is 0 Å². The fraction of sp³-hybridized carbons (Fsp3) is 0.400. The Morgan fingerprint density at radius 2 is 1.62 bits per heavy atom. The molecule has 0 unspecified atom stereocenters. The number of carbonyl (C=O) groups is 2. The maximum atomic E-state index is 14.0. The molecule has 5 N–H and O–H groups in total. The number of sulfonamides is 1. The number of benzene rings is 3. The van der Waals surface area contributed by atoms with Crippen LogP contribution in [0.1, 0.15) is 43.2 Å². The third-order valence-electron chi connectivity index (χ3n) is 8.95. The summed E-state index contributed by atoms with van der Waals surface area (Å²) >= 11 is 0. The van der Waals surface area contributed by atoms with E-state index in [2.05, 4.69) is 10.0 Å². The van der Waals surface area contributed by atoms with Gasteiger partial charge in [-0.15, -0.1) is 0 Å². The Balaban J connectivity index is 1.36. The van der Waals surface area contributed by atoms with Crippen LogP contribution in [0.4, 0.5) is 4.79 Å². The van der Waals surface area contributed by atoms with Crippen molar-refractivity contribution in [3.63, 3.8) is 0 Å². The number of nitrogens with two attached hydrogens (primary N) is 1. The summed E-state index contributed by atoms with van der Waals surface area (Å²) in [6, 6.07) is 17.5. The van der Waals surface area contributed by atoms with Crippen molar-refractivity contribution in [1.82, 2.24) is 19.8 Å². The maximum absolute atomic E-state index is 14.0. The Hall–Kier alpha value is -4.62. The molecule has 3 aromatic rings. The van der Waals surface area contributed by atoms with E-state index in [4.69, 9.17) is 20.6 Å². The molecule has 2 aliphatic rings. The number of rotatable bonds is 11. The van der Waals surface area contributed by atoms with Crippen LogP contribution in [0.2, 0.25) is 0 Å². The average Bonchev–Trinajstić information content (AvgIpc) is 3.11. The molecule has 0 radical (unpaired) electrons. The molecule has 0 spiro atoms. The molecule has 1 aliphatic heterocycles. The lowest BCUT2D eigenvalue weighted by atomic mass is 9.96. The summed E-state index contributed by atoms with van der Waals surface area (Å²) in [5.74, 6) is 0.588. The molecule has 5 rings (SSSR count). The van der Waals surface area contributed by atoms with E-state index in [0.29, 0.717) is 46.8 Å². The number of methoxy groups -OCH3 is 2. The summed E-state index contributed by atoms with van der Waals surface area (Å²) < 4.78 is 41.3. The first kappa shape index (κ1) is 34.7. The van der Waals surface area contributed by atoms with Gasteiger partial charge in [0, 0.05) is 49.4 Å². The van der Waals surface area contributed by atoms with Gasteiger partial charge in [-0.1, -0.05) is 49.6 Å². The van der Waals surface area contributed by atoms with Gasteiger partial charge >= 0.3 is 6.03 Å². The van der Waals surface area contributed by atoms with Crippen molar-refractivity contribution < 1.29 is 27.5 Å². The maximum Gasteiger partial charge on any atom is 0.317 e. The monoisotopic (exact) mass is 676 g/mol. The third kappa shape index (κ3) is 8.45. The zero-order chi connectivity index (χ0) is 34.3. The molecule has 256 valence electrons. The van der Waals surface area contributed by atoms with E-state index in [1.807, 2.05) is 0 Å². The lowest BCUT2D eigenvalue weighted by Crippen LogP contribution is -2.58. The molecule has 1 heterocycles. The normalized spacial score (nSPS) is 16.2. The molecule has 13 heteroatoms. The van der Waals surface area contributed by atoms with Crippen LogP contribution in [0.15, 0.2) is 71.6 Å². The highest BCUT2D eigenvalue weighted by Gasteiger charge is 2.33. The van der Waals surface area contributed by atoms with Crippen molar-refractivity contribution in [3.8, 4) is 22.6 Å². The first-order chi connectivity index (χ1) is 23.1. The fourth-order valence-corrected chi connectivity index (χ4v) is 7.50. The molecular weight excluding hydrogens is 632 g/mol. The van der Waals surface area contributed by atoms with Gasteiger partial charge in [-0.3, -0.25) is 10.2 Å². The van der Waals surface area contributed by atoms with Gasteiger partial charge in [0.15, 0.2) is 0 Å². The smallest absolute Gasteiger partial charge is 0.317 e. The van der Waals surface area contributed by atoms with Crippen LogP contribution in [0.5, 0.6) is 11.5 Å². The van der Waals surface area contributed by atoms with E-state index in [1.165, 1.54) is 25.7 Å². The van der Waals surface area contributed by atoms with Crippen LogP contribution in [0, 0.1) is 5.41 Å². The first-order valence-electron chi connectivity index (χ1n) is 16.2. The second-order valence-electron chi connectivity index (χ2n) is 12.2. The second-order valence-corrected chi connectivity index (χ2v) is 13.9. The number of nitrogen functional groups attached to an aromatic ring is 1. The van der Waals surface area contributed by atoms with Gasteiger partial charge in [-0.25, -0.2) is 13.2 Å². The van der Waals surface area contributed by atoms with Gasteiger partial charge in [-0.2, -0.15) is 4.72 Å². The number of amides is 3. The van der Waals surface area contributed by atoms with E-state index < -0.39 is 22.0 Å². The predicted octanol–water partition coefficient (Wildman–Crippen LogP) is 3.73. The quantitative estimate of drug-likeness (QED) is 0.177. The SMILES string of the molecule is COc1ccc(-c2cccc(S(=O)(=O)N[C@@H](Cc3cccc(C(=N)N)c3)C(=O)N3CCN(C(=O)NC4CCCCC4)CC3)c2)c(OC)c1. The zero-order valence-corrected chi connectivity index (χ0v) is 28.2. The number of hydrogen-bond acceptors (Lipinski definition) is 7. The summed E-state index contributed by atoms with van der Waals surface area (Å²) in [6.07, 6.45) is 5.41. The Kier molecular flexibility index (Phi) is 11.2. The second kappa shape index (κ2) is 15.5. The van der Waals surface area contributed by atoms with Crippen LogP contribution in [-0.4, -0.2) is 88.5 Å². The number of carbonyl (C=O) groups excluding carboxylic acids is 2. The van der Waals surface area contributed by atoms with Crippen LogP contribution in [-0.2, 0) is 21.2 Å². The summed E-state index contributed by atoms with van der Waals surface area (Å²) in [5, 5.41) is 11.0. The van der Waals surface area contributed by atoms with E-state index in [-0.39, 0.29) is 42.3 Å². The molecule has 1 saturated carbocycles. The molecule has 12 nitrogen and oxygen atoms in total. The highest BCUT2D eigenvalue weighted by Crippen LogP contribution is 2.34. The molecule has 0 bridgehead atoms. The molecular formula is C35H44N6O6S. The van der Waals surface area contributed by atoms with Crippen molar-refractivity contribution >= 4 is 27.8 Å². The first-order valence-corrected chi connectivity index (χ1v) is 17.7. The van der Waals surface area contributed by atoms with Gasteiger partial charge < -0.3 is 30.3 Å². The number of nitrogens with one attached hydrogen (secondary N) is 3. The largest absolute Gasteiger partial charge is 0.497 e. The fourth-order valence-electron chi connectivity index (χ4n) is 6.27. The van der Waals surface area contributed by atoms with Crippen LogP contribution in [0.25, 0.3) is 11.1 Å². The van der Waals surface area contributed by atoms with Gasteiger partial charge in [0.25, 0.3) is 0 Å². The predicted molar refractivity (Wildman–Crippen MR) is 184 cm³/mol. The van der Waals surface area contributed by atoms with E-state index in [0.717, 1.165) is 25.7 Å². The molecule has 0 aromatic heterocycles. The molecule has 1 atom stereocenters. The highest BCUT2D eigenvalue weighted by molar-refractivity contribution is 7.89. The summed E-state index contributed by atoms with van der Waals surface area (Å²) in [4.78, 5) is 30.3. The van der Waals surface area contributed by atoms with Gasteiger partial charge in [-0.05, 0) is 60.7 Å². The van der Waals surface area contributed by atoms with Crippen molar-refractivity contribution in [2.75, 3.05) is 40.4 Å². The molecule has 2 fully saturated rings. The number of hydrogen-bond donors (Lipinski definition) is 4. The van der Waals surface area contributed by atoms with Crippen LogP contribution < -0.4 is 25.2 Å². The molecule has 3 aromatic carbocycles. The summed E-state index contributed by atoms with van der Waals surface area (Å²) in [5.41, 5.74) is 8.11. The lowest BCUT2D eigenvalue weighted by molar-refractivity contribution is -0.134. The van der Waals surface area contributed by atoms with Crippen LogP contribution in [0.3, 0.4) is 0 Å². The molecule has 1 saturated heterocycles. The Bertz CT molecular complexity index is 1730. The van der Waals surface area contributed by atoms with Gasteiger partial charge in [0.2, 0.25) is 15.9 Å². The topological polar surface area (TPSA) is 167 Å². The van der Waals surface area contributed by atoms with E-state index in [9.17, 15) is 18.0 Å².